The monoisotopic (exact) mass is 179 g/mol. The van der Waals surface area contributed by atoms with Crippen LogP contribution in [0.5, 0.6) is 0 Å². The van der Waals surface area contributed by atoms with E-state index in [2.05, 4.69) is 44.8 Å². The topological polar surface area (TPSA) is 26.0 Å². The molecule has 0 radical (unpaired) electrons. The highest BCUT2D eigenvalue weighted by Crippen LogP contribution is 2.12. The summed E-state index contributed by atoms with van der Waals surface area (Å²) in [6, 6.07) is 6.33. The smallest absolute Gasteiger partial charge is 0.0803 e. The Labute approximate surface area is 75.6 Å². The molecule has 2 N–H and O–H groups in total. The molecule has 0 aliphatic carbocycles. The van der Waals surface area contributed by atoms with Crippen molar-refractivity contribution >= 4 is 18.9 Å². The van der Waals surface area contributed by atoms with E-state index in [-0.39, 0.29) is 0 Å². The summed E-state index contributed by atoms with van der Waals surface area (Å²) < 4.78 is 0. The van der Waals surface area contributed by atoms with Gasteiger partial charge in [-0.25, -0.2) is 0 Å². The lowest BCUT2D eigenvalue weighted by Crippen LogP contribution is -2.39. The van der Waals surface area contributed by atoms with E-state index in [9.17, 15) is 0 Å². The van der Waals surface area contributed by atoms with Gasteiger partial charge in [-0.3, -0.25) is 0 Å². The van der Waals surface area contributed by atoms with Crippen LogP contribution in [0.1, 0.15) is 5.56 Å². The predicted octanol–water partition coefficient (Wildman–Crippen LogP) is 2.12. The maximum absolute atomic E-state index is 6.00. The molecule has 0 aromatic heterocycles. The number of benzene rings is 1. The van der Waals surface area contributed by atoms with E-state index in [1.54, 1.807) is 0 Å². The average molecular weight is 179 g/mol. The quantitative estimate of drug-likeness (QED) is 0.518. The van der Waals surface area contributed by atoms with Crippen LogP contribution in [0, 0.1) is 6.92 Å². The molecule has 0 atom stereocenters. The first-order valence-corrected chi connectivity index (χ1v) is 7.78. The molecule has 0 unspecified atom stereocenters. The minimum absolute atomic E-state index is 0.997. The highest BCUT2D eigenvalue weighted by molar-refractivity contribution is 6.89. The fraction of sp³-hybridized carbons (Fsp3) is 0.400. The Kier molecular flexibility index (Phi) is 2.28. The second kappa shape index (κ2) is 2.94. The van der Waals surface area contributed by atoms with Crippen molar-refractivity contribution < 1.29 is 0 Å². The first-order chi connectivity index (χ1) is 5.43. The molecule has 0 saturated heterocycles. The molecule has 0 spiro atoms. The van der Waals surface area contributed by atoms with Crippen molar-refractivity contribution in [3.63, 3.8) is 0 Å². The van der Waals surface area contributed by atoms with E-state index in [1.165, 1.54) is 10.8 Å². The summed E-state index contributed by atoms with van der Waals surface area (Å²) in [6.07, 6.45) is 0. The normalized spacial score (nSPS) is 11.7. The van der Waals surface area contributed by atoms with E-state index in [0.29, 0.717) is 0 Å². The second-order valence-corrected chi connectivity index (χ2v) is 9.32. The SMILES string of the molecule is Cc1cccc([Si](C)(C)C)c1N. The van der Waals surface area contributed by atoms with Crippen molar-refractivity contribution in [2.45, 2.75) is 26.6 Å². The summed E-state index contributed by atoms with van der Waals surface area (Å²) in [5, 5.41) is 1.38. The highest BCUT2D eigenvalue weighted by atomic mass is 28.3. The third-order valence-corrected chi connectivity index (χ3v) is 4.18. The summed E-state index contributed by atoms with van der Waals surface area (Å²) in [4.78, 5) is 0. The van der Waals surface area contributed by atoms with E-state index >= 15 is 0 Å². The van der Waals surface area contributed by atoms with Gasteiger partial charge in [0.25, 0.3) is 0 Å². The fourth-order valence-electron chi connectivity index (χ4n) is 1.33. The van der Waals surface area contributed by atoms with E-state index in [4.69, 9.17) is 5.73 Å². The van der Waals surface area contributed by atoms with Crippen molar-refractivity contribution in [1.29, 1.82) is 0 Å². The maximum Gasteiger partial charge on any atom is 0.0803 e. The maximum atomic E-state index is 6.00. The standard InChI is InChI=1S/C10H17NSi/c1-8-6-5-7-9(10(8)11)12(2,3)4/h5-7H,11H2,1-4H3. The number of hydrogen-bond acceptors (Lipinski definition) is 1. The third-order valence-electron chi connectivity index (χ3n) is 2.13. The van der Waals surface area contributed by atoms with Crippen LogP contribution in [0.15, 0.2) is 18.2 Å². The Morgan fingerprint density at radius 1 is 1.17 bits per heavy atom. The molecule has 1 aromatic carbocycles. The number of para-hydroxylation sites is 1. The van der Waals surface area contributed by atoms with E-state index in [0.717, 1.165) is 5.69 Å². The van der Waals surface area contributed by atoms with Crippen LogP contribution in [0.2, 0.25) is 19.6 Å². The van der Waals surface area contributed by atoms with Crippen LogP contribution in [-0.2, 0) is 0 Å². The van der Waals surface area contributed by atoms with Crippen molar-refractivity contribution in [3.8, 4) is 0 Å². The number of hydrogen-bond donors (Lipinski definition) is 1. The van der Waals surface area contributed by atoms with E-state index < -0.39 is 8.07 Å². The highest BCUT2D eigenvalue weighted by Gasteiger charge is 2.19. The zero-order chi connectivity index (χ0) is 9.35. The summed E-state index contributed by atoms with van der Waals surface area (Å²) >= 11 is 0. The molecule has 0 bridgehead atoms. The minimum Gasteiger partial charge on any atom is -0.399 e. The molecule has 0 saturated carbocycles. The molecule has 2 heteroatoms. The van der Waals surface area contributed by atoms with Gasteiger partial charge in [-0.15, -0.1) is 0 Å². The van der Waals surface area contributed by atoms with Gasteiger partial charge in [-0.05, 0) is 17.7 Å². The van der Waals surface area contributed by atoms with Crippen molar-refractivity contribution in [2.75, 3.05) is 5.73 Å². The van der Waals surface area contributed by atoms with Crippen molar-refractivity contribution in [1.82, 2.24) is 0 Å². The Balaban J connectivity index is 3.26. The van der Waals surface area contributed by atoms with E-state index in [1.807, 2.05) is 0 Å². The van der Waals surface area contributed by atoms with Crippen LogP contribution >= 0.6 is 0 Å². The molecule has 1 nitrogen and oxygen atoms in total. The molecular formula is C10H17NSi. The minimum atomic E-state index is -1.23. The lowest BCUT2D eigenvalue weighted by atomic mass is 10.2. The first-order valence-electron chi connectivity index (χ1n) is 4.28. The van der Waals surface area contributed by atoms with Crippen LogP contribution in [0.25, 0.3) is 0 Å². The molecule has 0 amide bonds. The second-order valence-electron chi connectivity index (χ2n) is 4.29. The first kappa shape index (κ1) is 9.33. The number of nitrogens with two attached hydrogens (primary N) is 1. The van der Waals surface area contributed by atoms with Crippen molar-refractivity contribution in [2.24, 2.45) is 0 Å². The fourth-order valence-corrected chi connectivity index (χ4v) is 2.94. The van der Waals surface area contributed by atoms with Gasteiger partial charge in [0.1, 0.15) is 0 Å². The lowest BCUT2D eigenvalue weighted by molar-refractivity contribution is 1.48. The number of anilines is 1. The van der Waals surface area contributed by atoms with Crippen LogP contribution in [0.3, 0.4) is 0 Å². The van der Waals surface area contributed by atoms with Gasteiger partial charge in [0.05, 0.1) is 8.07 Å². The van der Waals surface area contributed by atoms with Crippen LogP contribution in [0.4, 0.5) is 5.69 Å². The van der Waals surface area contributed by atoms with Crippen molar-refractivity contribution in [3.05, 3.63) is 23.8 Å². The molecule has 0 heterocycles. The Morgan fingerprint density at radius 2 is 1.75 bits per heavy atom. The lowest BCUT2D eigenvalue weighted by Gasteiger charge is -2.19. The zero-order valence-corrected chi connectivity index (χ0v) is 9.31. The molecule has 1 aromatic rings. The van der Waals surface area contributed by atoms with Gasteiger partial charge in [-0.2, -0.15) is 0 Å². The van der Waals surface area contributed by atoms with Crippen LogP contribution in [-0.4, -0.2) is 8.07 Å². The average Bonchev–Trinajstić information content (AvgIpc) is 1.92. The molecule has 1 rings (SSSR count). The molecule has 0 fully saturated rings. The molecule has 12 heavy (non-hydrogen) atoms. The van der Waals surface area contributed by atoms with Gasteiger partial charge in [-0.1, -0.05) is 37.8 Å². The van der Waals surface area contributed by atoms with Gasteiger partial charge in [0.2, 0.25) is 0 Å². The summed E-state index contributed by atoms with van der Waals surface area (Å²) in [7, 11) is -1.23. The molecule has 0 aliphatic rings. The Hall–Kier alpha value is -0.763. The van der Waals surface area contributed by atoms with Crippen LogP contribution < -0.4 is 10.9 Å². The molecular weight excluding hydrogens is 162 g/mol. The summed E-state index contributed by atoms with van der Waals surface area (Å²) in [6.45, 7) is 9.02. The predicted molar refractivity (Wildman–Crippen MR) is 58.6 cm³/mol. The third kappa shape index (κ3) is 1.69. The van der Waals surface area contributed by atoms with Gasteiger partial charge < -0.3 is 5.73 Å². The Morgan fingerprint density at radius 3 is 2.17 bits per heavy atom. The van der Waals surface area contributed by atoms with Gasteiger partial charge >= 0.3 is 0 Å². The molecule has 0 aliphatic heterocycles. The summed E-state index contributed by atoms with van der Waals surface area (Å²) in [5.41, 5.74) is 8.20. The Bertz CT molecular complexity index is 286. The zero-order valence-electron chi connectivity index (χ0n) is 8.31. The number of rotatable bonds is 1. The molecule has 66 valence electrons. The van der Waals surface area contributed by atoms with Gasteiger partial charge in [0.15, 0.2) is 0 Å². The largest absolute Gasteiger partial charge is 0.399 e. The van der Waals surface area contributed by atoms with Gasteiger partial charge in [0, 0.05) is 5.69 Å². The number of nitrogen functional groups attached to an aromatic ring is 1. The number of aryl methyl sites for hydroxylation is 1. The summed E-state index contributed by atoms with van der Waals surface area (Å²) in [5.74, 6) is 0.